The Morgan fingerprint density at radius 1 is 0.932 bits per heavy atom. The van der Waals surface area contributed by atoms with Gasteiger partial charge in [0, 0.05) is 69.0 Å². The van der Waals surface area contributed by atoms with Crippen molar-refractivity contribution in [2.75, 3.05) is 60.8 Å². The zero-order chi connectivity index (χ0) is 30.9. The molecule has 1 aromatic carbocycles. The van der Waals surface area contributed by atoms with Crippen LogP contribution in [0.15, 0.2) is 36.5 Å². The minimum atomic E-state index is -2.67. The Labute approximate surface area is 256 Å². The van der Waals surface area contributed by atoms with E-state index in [9.17, 15) is 13.6 Å². The van der Waals surface area contributed by atoms with Gasteiger partial charge in [0.1, 0.15) is 17.3 Å². The SMILES string of the molecule is COc1ccc(CNc2cnc(C(=O)Nc3cc(C)nc(N4CCC(F)(F)CC4)n3)c(N3CCC4(CC3)CC4)c2)c(OC)c1. The van der Waals surface area contributed by atoms with Crippen molar-refractivity contribution in [3.63, 3.8) is 0 Å². The molecule has 1 amide bonds. The molecule has 4 heterocycles. The minimum Gasteiger partial charge on any atom is -0.497 e. The van der Waals surface area contributed by atoms with Gasteiger partial charge in [-0.15, -0.1) is 0 Å². The molecule has 12 heteroatoms. The van der Waals surface area contributed by atoms with E-state index >= 15 is 0 Å². The maximum absolute atomic E-state index is 13.7. The third-order valence-electron chi connectivity index (χ3n) is 9.04. The van der Waals surface area contributed by atoms with Crippen LogP contribution in [-0.2, 0) is 6.54 Å². The topological polar surface area (TPSA) is 105 Å². The number of anilines is 4. The summed E-state index contributed by atoms with van der Waals surface area (Å²) in [6, 6.07) is 9.34. The molecule has 234 valence electrons. The standard InChI is InChI=1S/C32H39F2N7O3/c1-21-16-27(39-30(37-21)41-14-10-32(33,34)11-15-41)38-29(42)28-25(40-12-8-31(6-7-31)9-13-40)17-23(20-36-28)35-19-22-4-5-24(43-2)18-26(22)44-3/h4-5,16-18,20,35H,6-15,19H2,1-3H3,(H,37,38,39,42). The number of amides is 1. The summed E-state index contributed by atoms with van der Waals surface area (Å²) in [4.78, 5) is 31.3. The summed E-state index contributed by atoms with van der Waals surface area (Å²) in [5, 5.41) is 6.34. The molecule has 3 fully saturated rings. The van der Waals surface area contributed by atoms with Crippen LogP contribution in [-0.4, -0.2) is 67.2 Å². The van der Waals surface area contributed by atoms with E-state index in [1.54, 1.807) is 38.3 Å². The normalized spacial score (nSPS) is 18.6. The van der Waals surface area contributed by atoms with Gasteiger partial charge < -0.3 is 29.9 Å². The molecule has 1 aliphatic carbocycles. The van der Waals surface area contributed by atoms with Crippen LogP contribution >= 0.6 is 0 Å². The summed E-state index contributed by atoms with van der Waals surface area (Å²) in [5.41, 5.74) is 3.91. The predicted octanol–water partition coefficient (Wildman–Crippen LogP) is 5.68. The van der Waals surface area contributed by atoms with E-state index < -0.39 is 5.92 Å². The Kier molecular flexibility index (Phi) is 8.17. The molecule has 0 unspecified atom stereocenters. The smallest absolute Gasteiger partial charge is 0.277 e. The highest BCUT2D eigenvalue weighted by atomic mass is 19.3. The average molecular weight is 608 g/mol. The van der Waals surface area contributed by atoms with Crippen LogP contribution in [0.4, 0.5) is 31.9 Å². The largest absolute Gasteiger partial charge is 0.497 e. The van der Waals surface area contributed by atoms with Crippen molar-refractivity contribution in [2.45, 2.75) is 57.9 Å². The molecular weight excluding hydrogens is 568 g/mol. The minimum absolute atomic E-state index is 0.156. The second-order valence-corrected chi connectivity index (χ2v) is 12.1. The summed E-state index contributed by atoms with van der Waals surface area (Å²) in [6.07, 6.45) is 5.91. The number of methoxy groups -OCH3 is 2. The van der Waals surface area contributed by atoms with Crippen LogP contribution in [0.5, 0.6) is 11.5 Å². The Bertz CT molecular complexity index is 1510. The molecule has 0 bridgehead atoms. The number of carbonyl (C=O) groups is 1. The third kappa shape index (κ3) is 6.63. The number of aryl methyl sites for hydroxylation is 1. The van der Waals surface area contributed by atoms with Crippen LogP contribution in [0.1, 0.15) is 60.3 Å². The fourth-order valence-corrected chi connectivity index (χ4v) is 6.03. The van der Waals surface area contributed by atoms with Gasteiger partial charge in [0.25, 0.3) is 11.8 Å². The maximum Gasteiger partial charge on any atom is 0.277 e. The average Bonchev–Trinajstić information content (AvgIpc) is 3.78. The summed E-state index contributed by atoms with van der Waals surface area (Å²) >= 11 is 0. The number of ether oxygens (including phenoxy) is 2. The maximum atomic E-state index is 13.7. The van der Waals surface area contributed by atoms with Crippen molar-refractivity contribution in [1.29, 1.82) is 0 Å². The van der Waals surface area contributed by atoms with Gasteiger partial charge in [-0.05, 0) is 56.2 Å². The number of hydrogen-bond donors (Lipinski definition) is 2. The fourth-order valence-electron chi connectivity index (χ4n) is 6.03. The van der Waals surface area contributed by atoms with Crippen molar-refractivity contribution in [1.82, 2.24) is 15.0 Å². The molecule has 3 aliphatic rings. The van der Waals surface area contributed by atoms with Crippen molar-refractivity contribution < 1.29 is 23.0 Å². The second-order valence-electron chi connectivity index (χ2n) is 12.1. The third-order valence-corrected chi connectivity index (χ3v) is 9.04. The number of alkyl halides is 2. The zero-order valence-electron chi connectivity index (χ0n) is 25.5. The summed E-state index contributed by atoms with van der Waals surface area (Å²) in [5.74, 6) is -0.981. The number of hydrogen-bond acceptors (Lipinski definition) is 9. The van der Waals surface area contributed by atoms with Crippen molar-refractivity contribution in [3.05, 3.63) is 53.5 Å². The number of aromatic nitrogens is 3. The first-order valence-corrected chi connectivity index (χ1v) is 15.2. The van der Waals surface area contributed by atoms with E-state index in [0.29, 0.717) is 46.6 Å². The van der Waals surface area contributed by atoms with Crippen LogP contribution in [0.25, 0.3) is 0 Å². The molecule has 0 radical (unpaired) electrons. The Balaban J connectivity index is 1.22. The summed E-state index contributed by atoms with van der Waals surface area (Å²) < 4.78 is 38.3. The molecule has 1 saturated carbocycles. The highest BCUT2D eigenvalue weighted by Crippen LogP contribution is 2.54. The van der Waals surface area contributed by atoms with Crippen molar-refractivity contribution in [2.24, 2.45) is 5.41 Å². The lowest BCUT2D eigenvalue weighted by molar-refractivity contribution is -0.0222. The van der Waals surface area contributed by atoms with Crippen molar-refractivity contribution in [3.8, 4) is 11.5 Å². The molecule has 3 aromatic rings. The molecular formula is C32H39F2N7O3. The van der Waals surface area contributed by atoms with E-state index in [0.717, 1.165) is 42.9 Å². The van der Waals surface area contributed by atoms with Gasteiger partial charge >= 0.3 is 0 Å². The van der Waals surface area contributed by atoms with E-state index in [-0.39, 0.29) is 31.8 Å². The van der Waals surface area contributed by atoms with Gasteiger partial charge in [-0.1, -0.05) is 0 Å². The van der Waals surface area contributed by atoms with Gasteiger partial charge in [-0.25, -0.2) is 18.7 Å². The first kappa shape index (κ1) is 29.8. The number of pyridine rings is 1. The van der Waals surface area contributed by atoms with Gasteiger partial charge in [-0.3, -0.25) is 4.79 Å². The number of rotatable bonds is 9. The van der Waals surface area contributed by atoms with Crippen molar-refractivity contribution >= 4 is 29.0 Å². The number of nitrogens with one attached hydrogen (secondary N) is 2. The Morgan fingerprint density at radius 2 is 1.66 bits per heavy atom. The zero-order valence-corrected chi connectivity index (χ0v) is 25.5. The predicted molar refractivity (Wildman–Crippen MR) is 165 cm³/mol. The Hall–Kier alpha value is -4.22. The first-order chi connectivity index (χ1) is 21.2. The van der Waals surface area contributed by atoms with Crippen LogP contribution < -0.4 is 29.9 Å². The fraction of sp³-hybridized carbons (Fsp3) is 0.500. The van der Waals surface area contributed by atoms with Crippen LogP contribution in [0, 0.1) is 12.3 Å². The lowest BCUT2D eigenvalue weighted by Crippen LogP contribution is -2.40. The molecule has 44 heavy (non-hydrogen) atoms. The number of carbonyl (C=O) groups excluding carboxylic acids is 1. The molecule has 10 nitrogen and oxygen atoms in total. The monoisotopic (exact) mass is 607 g/mol. The molecule has 2 aromatic heterocycles. The summed E-state index contributed by atoms with van der Waals surface area (Å²) in [7, 11) is 3.24. The van der Waals surface area contributed by atoms with Crippen LogP contribution in [0.3, 0.4) is 0 Å². The number of benzene rings is 1. The van der Waals surface area contributed by atoms with E-state index in [1.807, 2.05) is 24.3 Å². The molecule has 0 atom stereocenters. The van der Waals surface area contributed by atoms with E-state index in [1.165, 1.54) is 12.8 Å². The lowest BCUT2D eigenvalue weighted by Gasteiger charge is -2.34. The highest BCUT2D eigenvalue weighted by Gasteiger charge is 2.44. The van der Waals surface area contributed by atoms with Gasteiger partial charge in [-0.2, -0.15) is 4.98 Å². The molecule has 1 spiro atoms. The summed E-state index contributed by atoms with van der Waals surface area (Å²) in [6.45, 7) is 4.31. The molecule has 2 aliphatic heterocycles. The lowest BCUT2D eigenvalue weighted by atomic mass is 9.93. The number of nitrogens with zero attached hydrogens (tertiary/aromatic N) is 5. The van der Waals surface area contributed by atoms with Gasteiger partial charge in [0.2, 0.25) is 5.95 Å². The highest BCUT2D eigenvalue weighted by molar-refractivity contribution is 6.06. The van der Waals surface area contributed by atoms with Gasteiger partial charge in [0.05, 0.1) is 31.8 Å². The molecule has 2 N–H and O–H groups in total. The van der Waals surface area contributed by atoms with Crippen LogP contribution in [0.2, 0.25) is 0 Å². The quantitative estimate of drug-likeness (QED) is 0.318. The number of piperidine rings is 2. The molecule has 2 saturated heterocycles. The first-order valence-electron chi connectivity index (χ1n) is 15.2. The second kappa shape index (κ2) is 12.0. The van der Waals surface area contributed by atoms with Gasteiger partial charge in [0.15, 0.2) is 5.69 Å². The van der Waals surface area contributed by atoms with E-state index in [2.05, 4.69) is 30.5 Å². The molecule has 6 rings (SSSR count). The van der Waals surface area contributed by atoms with E-state index in [4.69, 9.17) is 9.47 Å². The Morgan fingerprint density at radius 3 is 2.34 bits per heavy atom. The number of halogens is 2.